The molecule has 2 aromatic carbocycles. The lowest BCUT2D eigenvalue weighted by molar-refractivity contribution is 0.533. The Bertz CT molecular complexity index is 742. The Hall–Kier alpha value is -1.39. The minimum absolute atomic E-state index is 0.674. The van der Waals surface area contributed by atoms with Crippen LogP contribution in [0.25, 0.3) is 10.8 Å². The van der Waals surface area contributed by atoms with Gasteiger partial charge in [0.15, 0.2) is 4.67 Å². The van der Waals surface area contributed by atoms with E-state index in [0.29, 0.717) is 10.4 Å². The highest BCUT2D eigenvalue weighted by molar-refractivity contribution is 9.13. The van der Waals surface area contributed by atoms with Crippen molar-refractivity contribution in [3.05, 3.63) is 63.4 Å². The second-order valence-corrected chi connectivity index (χ2v) is 5.63. The minimum Gasteiger partial charge on any atom is -0.447 e. The predicted molar refractivity (Wildman–Crippen MR) is 85.3 cm³/mol. The average molecular weight is 379 g/mol. The number of hydrogen-bond acceptors (Lipinski definition) is 2. The summed E-state index contributed by atoms with van der Waals surface area (Å²) in [6.45, 7) is 0. The normalized spacial score (nSPS) is 11.5. The molecule has 2 nitrogen and oxygen atoms in total. The second-order valence-electron chi connectivity index (χ2n) is 4.06. The van der Waals surface area contributed by atoms with Crippen molar-refractivity contribution in [2.75, 3.05) is 0 Å². The van der Waals surface area contributed by atoms with E-state index in [1.807, 2.05) is 24.3 Å². The molecule has 4 heteroatoms. The molecule has 3 aromatic rings. The summed E-state index contributed by atoms with van der Waals surface area (Å²) in [5.41, 5.74) is 0.905. The molecule has 0 aliphatic heterocycles. The fraction of sp³-hybridized carbons (Fsp3) is 0. The van der Waals surface area contributed by atoms with Crippen molar-refractivity contribution in [2.24, 2.45) is 4.99 Å². The van der Waals surface area contributed by atoms with Crippen molar-refractivity contribution in [1.29, 1.82) is 0 Å². The molecule has 0 N–H and O–H groups in total. The maximum Gasteiger partial charge on any atom is 0.184 e. The summed E-state index contributed by atoms with van der Waals surface area (Å²) in [7, 11) is 0. The zero-order valence-corrected chi connectivity index (χ0v) is 13.0. The lowest BCUT2D eigenvalue weighted by Gasteiger charge is -1.98. The van der Waals surface area contributed by atoms with Gasteiger partial charge in [0.25, 0.3) is 0 Å². The number of furan rings is 1. The van der Waals surface area contributed by atoms with Crippen LogP contribution in [0.2, 0.25) is 0 Å². The molecule has 0 bridgehead atoms. The van der Waals surface area contributed by atoms with Crippen LogP contribution < -0.4 is 0 Å². The molecule has 0 fully saturated rings. The molecule has 0 saturated carbocycles. The molecule has 0 unspecified atom stereocenters. The maximum atomic E-state index is 5.44. The van der Waals surface area contributed by atoms with Gasteiger partial charge in [0.05, 0.1) is 16.4 Å². The van der Waals surface area contributed by atoms with Crippen LogP contribution in [-0.2, 0) is 0 Å². The Kier molecular flexibility index (Phi) is 3.53. The molecule has 0 radical (unpaired) electrons. The summed E-state index contributed by atoms with van der Waals surface area (Å²) in [4.78, 5) is 4.42. The Morgan fingerprint density at radius 2 is 1.74 bits per heavy atom. The number of benzene rings is 2. The number of halogens is 2. The number of aliphatic imine (C=N–C) groups is 1. The van der Waals surface area contributed by atoms with Crippen LogP contribution >= 0.6 is 31.9 Å². The van der Waals surface area contributed by atoms with E-state index >= 15 is 0 Å². The van der Waals surface area contributed by atoms with Crippen molar-refractivity contribution in [1.82, 2.24) is 0 Å². The monoisotopic (exact) mass is 377 g/mol. The molecule has 0 aliphatic rings. The molecule has 94 valence electrons. The van der Waals surface area contributed by atoms with Crippen molar-refractivity contribution in [3.63, 3.8) is 0 Å². The molecule has 0 aliphatic carbocycles. The Morgan fingerprint density at radius 1 is 0.947 bits per heavy atom. The van der Waals surface area contributed by atoms with Gasteiger partial charge < -0.3 is 4.42 Å². The third-order valence-electron chi connectivity index (χ3n) is 2.74. The zero-order chi connectivity index (χ0) is 13.2. The van der Waals surface area contributed by atoms with Crippen molar-refractivity contribution in [3.8, 4) is 0 Å². The van der Waals surface area contributed by atoms with Crippen LogP contribution in [0.5, 0.6) is 0 Å². The molecule has 19 heavy (non-hydrogen) atoms. The van der Waals surface area contributed by atoms with Gasteiger partial charge in [-0.05, 0) is 54.8 Å². The van der Waals surface area contributed by atoms with E-state index in [4.69, 9.17) is 4.42 Å². The van der Waals surface area contributed by atoms with Gasteiger partial charge in [0.2, 0.25) is 0 Å². The Balaban J connectivity index is 1.92. The van der Waals surface area contributed by atoms with Crippen molar-refractivity contribution < 1.29 is 4.42 Å². The van der Waals surface area contributed by atoms with E-state index in [-0.39, 0.29) is 0 Å². The SMILES string of the molecule is Brc1cc(C=Nc2ccc3ccccc3c2)oc1Br. The third-order valence-corrected chi connectivity index (χ3v) is 4.45. The van der Waals surface area contributed by atoms with E-state index in [1.165, 1.54) is 10.8 Å². The van der Waals surface area contributed by atoms with Gasteiger partial charge in [-0.25, -0.2) is 0 Å². The van der Waals surface area contributed by atoms with Crippen LogP contribution in [0.3, 0.4) is 0 Å². The topological polar surface area (TPSA) is 25.5 Å². The summed E-state index contributed by atoms with van der Waals surface area (Å²) in [6.07, 6.45) is 1.71. The lowest BCUT2D eigenvalue weighted by atomic mass is 10.1. The van der Waals surface area contributed by atoms with Crippen molar-refractivity contribution >= 4 is 54.5 Å². The first-order chi connectivity index (χ1) is 9.22. The standard InChI is InChI=1S/C15H9Br2NO/c16-14-8-13(19-15(14)17)9-18-12-6-5-10-3-1-2-4-11(10)7-12/h1-9H. The van der Waals surface area contributed by atoms with Crippen molar-refractivity contribution in [2.45, 2.75) is 0 Å². The highest BCUT2D eigenvalue weighted by atomic mass is 79.9. The van der Waals surface area contributed by atoms with E-state index in [2.05, 4.69) is 61.1 Å². The van der Waals surface area contributed by atoms with Gasteiger partial charge in [-0.1, -0.05) is 30.3 Å². The quantitative estimate of drug-likeness (QED) is 0.524. The van der Waals surface area contributed by atoms with Crippen LogP contribution in [-0.4, -0.2) is 6.21 Å². The van der Waals surface area contributed by atoms with E-state index in [1.54, 1.807) is 6.21 Å². The van der Waals surface area contributed by atoms with Crippen LogP contribution in [0.15, 0.2) is 67.1 Å². The number of nitrogens with zero attached hydrogens (tertiary/aromatic N) is 1. The first-order valence-corrected chi connectivity index (χ1v) is 7.29. The molecular formula is C15H9Br2NO. The van der Waals surface area contributed by atoms with Gasteiger partial charge in [-0.2, -0.15) is 0 Å². The maximum absolute atomic E-state index is 5.44. The summed E-state index contributed by atoms with van der Waals surface area (Å²) in [5, 5.41) is 2.39. The smallest absolute Gasteiger partial charge is 0.184 e. The van der Waals surface area contributed by atoms with Crippen LogP contribution in [0.1, 0.15) is 5.76 Å². The van der Waals surface area contributed by atoms with E-state index in [0.717, 1.165) is 10.2 Å². The average Bonchev–Trinajstić information content (AvgIpc) is 2.75. The Morgan fingerprint density at radius 3 is 2.47 bits per heavy atom. The lowest BCUT2D eigenvalue weighted by Crippen LogP contribution is -1.75. The minimum atomic E-state index is 0.674. The number of fused-ring (bicyclic) bond motifs is 1. The molecule has 0 saturated heterocycles. The third kappa shape index (κ3) is 2.80. The summed E-state index contributed by atoms with van der Waals surface area (Å²) in [6, 6.07) is 16.2. The molecule has 0 amide bonds. The second kappa shape index (κ2) is 5.31. The summed E-state index contributed by atoms with van der Waals surface area (Å²) < 4.78 is 7.00. The highest BCUT2D eigenvalue weighted by Crippen LogP contribution is 2.26. The fourth-order valence-corrected chi connectivity index (χ4v) is 2.43. The Labute approximate surface area is 127 Å². The van der Waals surface area contributed by atoms with Gasteiger partial charge in [-0.3, -0.25) is 4.99 Å². The van der Waals surface area contributed by atoms with Gasteiger partial charge in [0, 0.05) is 6.07 Å². The number of rotatable bonds is 2. The molecule has 3 rings (SSSR count). The van der Waals surface area contributed by atoms with E-state index in [9.17, 15) is 0 Å². The molecule has 1 heterocycles. The first kappa shape index (κ1) is 12.6. The van der Waals surface area contributed by atoms with Gasteiger partial charge in [-0.15, -0.1) is 0 Å². The highest BCUT2D eigenvalue weighted by Gasteiger charge is 2.03. The summed E-state index contributed by atoms with van der Waals surface area (Å²) >= 11 is 6.67. The van der Waals surface area contributed by atoms with Gasteiger partial charge >= 0.3 is 0 Å². The number of hydrogen-bond donors (Lipinski definition) is 0. The van der Waals surface area contributed by atoms with Gasteiger partial charge in [0.1, 0.15) is 5.76 Å². The molecule has 0 spiro atoms. The zero-order valence-electron chi connectivity index (χ0n) is 9.81. The van der Waals surface area contributed by atoms with Crippen LogP contribution in [0.4, 0.5) is 5.69 Å². The molecular weight excluding hydrogens is 370 g/mol. The summed E-state index contributed by atoms with van der Waals surface area (Å²) in [5.74, 6) is 0.701. The predicted octanol–water partition coefficient (Wildman–Crippen LogP) is 5.71. The first-order valence-electron chi connectivity index (χ1n) is 5.70. The molecule has 0 atom stereocenters. The van der Waals surface area contributed by atoms with E-state index < -0.39 is 0 Å². The molecule has 1 aromatic heterocycles. The fourth-order valence-electron chi connectivity index (χ4n) is 1.82. The largest absolute Gasteiger partial charge is 0.447 e. The van der Waals surface area contributed by atoms with Crippen LogP contribution in [0, 0.1) is 0 Å².